The van der Waals surface area contributed by atoms with Crippen LogP contribution in [0.3, 0.4) is 0 Å². The molecule has 1 amide bonds. The molecule has 0 bridgehead atoms. The van der Waals surface area contributed by atoms with Crippen LogP contribution in [-0.4, -0.2) is 31.5 Å². The number of rotatable bonds is 7. The topological polar surface area (TPSA) is 105 Å². The molecule has 0 spiro atoms. The monoisotopic (exact) mass is 491 g/mol. The molecule has 1 atom stereocenters. The first-order valence-corrected chi connectivity index (χ1v) is 13.0. The molecule has 8 heteroatoms. The second kappa shape index (κ2) is 9.38. The van der Waals surface area contributed by atoms with Crippen molar-refractivity contribution < 1.29 is 27.5 Å². The Hall–Kier alpha value is -3.91. The van der Waals surface area contributed by atoms with E-state index in [9.17, 15) is 23.1 Å². The van der Waals surface area contributed by atoms with E-state index in [4.69, 9.17) is 4.42 Å². The van der Waals surface area contributed by atoms with Gasteiger partial charge in [-0.15, -0.1) is 0 Å². The van der Waals surface area contributed by atoms with Crippen molar-refractivity contribution in [2.45, 2.75) is 26.2 Å². The predicted octanol–water partition coefficient (Wildman–Crippen LogP) is 5.49. The highest BCUT2D eigenvalue weighted by molar-refractivity contribution is 7.92. The minimum Gasteiger partial charge on any atom is -0.508 e. The van der Waals surface area contributed by atoms with E-state index in [1.807, 2.05) is 13.8 Å². The summed E-state index contributed by atoms with van der Waals surface area (Å²) < 4.78 is 32.2. The summed E-state index contributed by atoms with van der Waals surface area (Å²) in [5.41, 5.74) is 1.38. The lowest BCUT2D eigenvalue weighted by atomic mass is 9.94. The number of sulfonamides is 1. The molecular weight excluding hydrogens is 466 g/mol. The van der Waals surface area contributed by atoms with Crippen molar-refractivity contribution in [3.05, 3.63) is 95.2 Å². The highest BCUT2D eigenvalue weighted by atomic mass is 32.2. The number of amides is 1. The summed E-state index contributed by atoms with van der Waals surface area (Å²) in [6.45, 7) is 3.91. The zero-order valence-electron chi connectivity index (χ0n) is 19.6. The van der Waals surface area contributed by atoms with Gasteiger partial charge in [0, 0.05) is 22.4 Å². The Morgan fingerprint density at radius 2 is 1.63 bits per heavy atom. The van der Waals surface area contributed by atoms with Gasteiger partial charge >= 0.3 is 0 Å². The number of nitrogens with zero attached hydrogens (tertiary/aromatic N) is 1. The Labute approximate surface area is 203 Å². The van der Waals surface area contributed by atoms with Gasteiger partial charge in [-0.25, -0.2) is 12.7 Å². The van der Waals surface area contributed by atoms with Crippen molar-refractivity contribution in [1.29, 1.82) is 0 Å². The number of hydrogen-bond donors (Lipinski definition) is 1. The molecule has 0 aliphatic carbocycles. The Morgan fingerprint density at radius 1 is 0.971 bits per heavy atom. The van der Waals surface area contributed by atoms with Gasteiger partial charge in [0.15, 0.2) is 5.78 Å². The molecule has 1 unspecified atom stereocenters. The standard InChI is InChI=1S/C27H25NO6S/c1-4-17(2)26-24(25(30)18-10-13-21(29)14-11-18)22-16-20(12-15-23(22)34-26)28(35(3,32)33)27(31)19-8-6-5-7-9-19/h5-17,29H,4H2,1-3H3. The predicted molar refractivity (Wildman–Crippen MR) is 135 cm³/mol. The van der Waals surface area contributed by atoms with E-state index in [0.29, 0.717) is 34.3 Å². The number of anilines is 1. The van der Waals surface area contributed by atoms with Gasteiger partial charge in [-0.1, -0.05) is 32.0 Å². The number of benzene rings is 3. The number of aromatic hydroxyl groups is 1. The van der Waals surface area contributed by atoms with Crippen LogP contribution in [0, 0.1) is 0 Å². The molecule has 0 aliphatic rings. The van der Waals surface area contributed by atoms with Gasteiger partial charge < -0.3 is 9.52 Å². The fourth-order valence-electron chi connectivity index (χ4n) is 3.91. The van der Waals surface area contributed by atoms with Gasteiger partial charge in [-0.05, 0) is 61.0 Å². The van der Waals surface area contributed by atoms with Crippen molar-refractivity contribution in [1.82, 2.24) is 0 Å². The van der Waals surface area contributed by atoms with Crippen LogP contribution in [-0.2, 0) is 10.0 Å². The Kier molecular flexibility index (Phi) is 6.49. The summed E-state index contributed by atoms with van der Waals surface area (Å²) in [6.07, 6.45) is 1.67. The molecule has 180 valence electrons. The van der Waals surface area contributed by atoms with Crippen molar-refractivity contribution >= 4 is 38.4 Å². The quantitative estimate of drug-likeness (QED) is 0.343. The van der Waals surface area contributed by atoms with Gasteiger partial charge in [0.2, 0.25) is 10.0 Å². The van der Waals surface area contributed by atoms with Crippen LogP contribution in [0.4, 0.5) is 5.69 Å². The van der Waals surface area contributed by atoms with Crippen LogP contribution in [0.2, 0.25) is 0 Å². The molecule has 1 N–H and O–H groups in total. The number of hydrogen-bond acceptors (Lipinski definition) is 6. The largest absolute Gasteiger partial charge is 0.508 e. The van der Waals surface area contributed by atoms with E-state index in [1.165, 1.54) is 48.5 Å². The Morgan fingerprint density at radius 3 is 2.23 bits per heavy atom. The van der Waals surface area contributed by atoms with E-state index in [1.54, 1.807) is 24.3 Å². The van der Waals surface area contributed by atoms with Crippen LogP contribution in [0.25, 0.3) is 11.0 Å². The lowest BCUT2D eigenvalue weighted by Gasteiger charge is -2.20. The van der Waals surface area contributed by atoms with E-state index in [-0.39, 0.29) is 28.7 Å². The third-order valence-corrected chi connectivity index (χ3v) is 6.93. The normalized spacial score (nSPS) is 12.4. The third-order valence-electron chi connectivity index (χ3n) is 5.89. The summed E-state index contributed by atoms with van der Waals surface area (Å²) in [5, 5.41) is 10.0. The van der Waals surface area contributed by atoms with Crippen molar-refractivity contribution in [2.75, 3.05) is 10.6 Å². The molecule has 0 saturated carbocycles. The number of furan rings is 1. The molecule has 4 rings (SSSR count). The molecule has 1 heterocycles. The fourth-order valence-corrected chi connectivity index (χ4v) is 4.82. The lowest BCUT2D eigenvalue weighted by Crippen LogP contribution is -2.36. The van der Waals surface area contributed by atoms with Crippen molar-refractivity contribution in [3.8, 4) is 5.75 Å². The van der Waals surface area contributed by atoms with Crippen molar-refractivity contribution in [3.63, 3.8) is 0 Å². The summed E-state index contributed by atoms with van der Waals surface area (Å²) in [4.78, 5) is 26.8. The van der Waals surface area contributed by atoms with E-state index >= 15 is 0 Å². The Bertz CT molecular complexity index is 1500. The zero-order chi connectivity index (χ0) is 25.3. The lowest BCUT2D eigenvalue weighted by molar-refractivity contribution is 0.100. The summed E-state index contributed by atoms with van der Waals surface area (Å²) >= 11 is 0. The van der Waals surface area contributed by atoms with Gasteiger partial charge in [0.1, 0.15) is 17.1 Å². The average Bonchev–Trinajstić information content (AvgIpc) is 3.22. The SMILES string of the molecule is CCC(C)c1oc2ccc(N(C(=O)c3ccccc3)S(C)(=O)=O)cc2c1C(=O)c1ccc(O)cc1. The van der Waals surface area contributed by atoms with Crippen LogP contribution in [0.1, 0.15) is 58.2 Å². The van der Waals surface area contributed by atoms with Gasteiger partial charge in [0.05, 0.1) is 17.5 Å². The minimum absolute atomic E-state index is 0.0336. The summed E-state index contributed by atoms with van der Waals surface area (Å²) in [6, 6.07) is 18.6. The number of carbonyl (C=O) groups excluding carboxylic acids is 2. The number of carbonyl (C=O) groups is 2. The van der Waals surface area contributed by atoms with Gasteiger partial charge in [-0.3, -0.25) is 9.59 Å². The first-order chi connectivity index (χ1) is 16.6. The molecular formula is C27H25NO6S. The molecule has 1 aromatic heterocycles. The minimum atomic E-state index is -4.00. The van der Waals surface area contributed by atoms with Gasteiger partial charge in [-0.2, -0.15) is 0 Å². The third kappa shape index (κ3) is 4.70. The number of fused-ring (bicyclic) bond motifs is 1. The van der Waals surface area contributed by atoms with E-state index < -0.39 is 15.9 Å². The molecule has 4 aromatic rings. The van der Waals surface area contributed by atoms with E-state index in [2.05, 4.69) is 0 Å². The molecule has 35 heavy (non-hydrogen) atoms. The second-order valence-corrected chi connectivity index (χ2v) is 10.2. The first kappa shape index (κ1) is 24.2. The highest BCUT2D eigenvalue weighted by Crippen LogP contribution is 2.37. The maximum Gasteiger partial charge on any atom is 0.272 e. The van der Waals surface area contributed by atoms with Crippen molar-refractivity contribution in [2.24, 2.45) is 0 Å². The van der Waals surface area contributed by atoms with Crippen LogP contribution < -0.4 is 4.31 Å². The molecule has 0 radical (unpaired) electrons. The highest BCUT2D eigenvalue weighted by Gasteiger charge is 2.30. The Balaban J connectivity index is 1.93. The average molecular weight is 492 g/mol. The molecule has 3 aromatic carbocycles. The maximum atomic E-state index is 13.6. The van der Waals surface area contributed by atoms with Crippen LogP contribution in [0.15, 0.2) is 77.2 Å². The smallest absolute Gasteiger partial charge is 0.272 e. The molecule has 0 aliphatic heterocycles. The maximum absolute atomic E-state index is 13.6. The summed E-state index contributed by atoms with van der Waals surface area (Å²) in [5.74, 6) is -0.593. The second-order valence-electron chi connectivity index (χ2n) is 8.41. The molecule has 0 saturated heterocycles. The van der Waals surface area contributed by atoms with Gasteiger partial charge in [0.25, 0.3) is 5.91 Å². The van der Waals surface area contributed by atoms with Crippen LogP contribution >= 0.6 is 0 Å². The number of phenols is 1. The van der Waals surface area contributed by atoms with E-state index in [0.717, 1.165) is 10.6 Å². The molecule has 7 nitrogen and oxygen atoms in total. The first-order valence-electron chi connectivity index (χ1n) is 11.1. The zero-order valence-corrected chi connectivity index (χ0v) is 20.4. The number of ketones is 1. The van der Waals surface area contributed by atoms with Crippen LogP contribution in [0.5, 0.6) is 5.75 Å². The molecule has 0 fully saturated rings. The summed E-state index contributed by atoms with van der Waals surface area (Å²) in [7, 11) is -4.00. The fraction of sp³-hybridized carbons (Fsp3) is 0.185. The number of phenolic OH excluding ortho intramolecular Hbond substituents is 1.